The van der Waals surface area contributed by atoms with Crippen molar-refractivity contribution in [3.05, 3.63) is 28.2 Å². The summed E-state index contributed by atoms with van der Waals surface area (Å²) in [6.45, 7) is 3.15. The van der Waals surface area contributed by atoms with Gasteiger partial charge < -0.3 is 10.4 Å². The molecular weight excluding hydrogens is 292 g/mol. The Kier molecular flexibility index (Phi) is 6.77. The molecule has 0 saturated heterocycles. The lowest BCUT2D eigenvalue weighted by Crippen LogP contribution is -2.16. The molecule has 0 saturated carbocycles. The van der Waals surface area contributed by atoms with Gasteiger partial charge in [0.15, 0.2) is 0 Å². The minimum absolute atomic E-state index is 0.218. The van der Waals surface area contributed by atoms with Crippen LogP contribution in [0.4, 0.5) is 5.69 Å². The van der Waals surface area contributed by atoms with Crippen molar-refractivity contribution in [3.63, 3.8) is 0 Å². The van der Waals surface area contributed by atoms with E-state index in [0.29, 0.717) is 11.5 Å². The summed E-state index contributed by atoms with van der Waals surface area (Å²) >= 11 is 3.40. The summed E-state index contributed by atoms with van der Waals surface area (Å²) < 4.78 is 0.957. The van der Waals surface area contributed by atoms with Crippen LogP contribution in [0.3, 0.4) is 0 Å². The molecule has 3 nitrogen and oxygen atoms in total. The molecule has 0 amide bonds. The molecule has 0 radical (unpaired) electrons. The Morgan fingerprint density at radius 1 is 1.44 bits per heavy atom. The zero-order valence-corrected chi connectivity index (χ0v) is 12.2. The van der Waals surface area contributed by atoms with Gasteiger partial charge >= 0.3 is 0 Å². The standard InChI is InChI=1S/C14H19BrN2O/c1-2-3-11(6-7-18)10-17-14-8-13(15)5-4-12(14)9-16/h4-5,8,11,17-18H,2-3,6-7,10H2,1H3. The summed E-state index contributed by atoms with van der Waals surface area (Å²) in [6.07, 6.45) is 3.00. The molecule has 0 spiro atoms. The molecule has 0 aliphatic rings. The monoisotopic (exact) mass is 310 g/mol. The van der Waals surface area contributed by atoms with Gasteiger partial charge in [0, 0.05) is 17.6 Å². The zero-order chi connectivity index (χ0) is 13.4. The molecule has 18 heavy (non-hydrogen) atoms. The molecule has 0 aliphatic carbocycles. The first-order chi connectivity index (χ1) is 8.71. The number of rotatable bonds is 7. The van der Waals surface area contributed by atoms with Gasteiger partial charge in [0.25, 0.3) is 0 Å². The smallest absolute Gasteiger partial charge is 0.101 e. The lowest BCUT2D eigenvalue weighted by atomic mass is 10.00. The van der Waals surface area contributed by atoms with Crippen molar-refractivity contribution in [1.82, 2.24) is 0 Å². The van der Waals surface area contributed by atoms with Gasteiger partial charge in [-0.3, -0.25) is 0 Å². The second kappa shape index (κ2) is 8.12. The summed E-state index contributed by atoms with van der Waals surface area (Å²) in [5, 5.41) is 21.4. The zero-order valence-electron chi connectivity index (χ0n) is 10.6. The highest BCUT2D eigenvalue weighted by molar-refractivity contribution is 9.10. The molecule has 0 bridgehead atoms. The van der Waals surface area contributed by atoms with Gasteiger partial charge in [-0.05, 0) is 37.0 Å². The summed E-state index contributed by atoms with van der Waals surface area (Å²) in [5.41, 5.74) is 1.50. The fourth-order valence-corrected chi connectivity index (χ4v) is 2.31. The van der Waals surface area contributed by atoms with Crippen LogP contribution in [-0.2, 0) is 0 Å². The number of nitrogens with zero attached hydrogens (tertiary/aromatic N) is 1. The number of halogens is 1. The molecule has 4 heteroatoms. The number of nitrogens with one attached hydrogen (secondary N) is 1. The van der Waals surface area contributed by atoms with Crippen LogP contribution in [0.1, 0.15) is 31.7 Å². The van der Waals surface area contributed by atoms with Crippen LogP contribution >= 0.6 is 15.9 Å². The molecule has 1 unspecified atom stereocenters. The van der Waals surface area contributed by atoms with Gasteiger partial charge in [-0.25, -0.2) is 0 Å². The topological polar surface area (TPSA) is 56.0 Å². The van der Waals surface area contributed by atoms with E-state index in [1.54, 1.807) is 6.07 Å². The molecule has 1 atom stereocenters. The molecule has 98 valence electrons. The summed E-state index contributed by atoms with van der Waals surface area (Å²) in [6, 6.07) is 7.76. The largest absolute Gasteiger partial charge is 0.396 e. The molecule has 1 rings (SSSR count). The number of anilines is 1. The van der Waals surface area contributed by atoms with Gasteiger partial charge in [-0.15, -0.1) is 0 Å². The third kappa shape index (κ3) is 4.67. The normalized spacial score (nSPS) is 11.9. The van der Waals surface area contributed by atoms with Crippen LogP contribution in [0.25, 0.3) is 0 Å². The second-order valence-electron chi connectivity index (χ2n) is 4.35. The predicted molar refractivity (Wildman–Crippen MR) is 77.4 cm³/mol. The maximum Gasteiger partial charge on any atom is 0.101 e. The fourth-order valence-electron chi connectivity index (χ4n) is 1.95. The highest BCUT2D eigenvalue weighted by Crippen LogP contribution is 2.22. The first-order valence-corrected chi connectivity index (χ1v) is 7.05. The van der Waals surface area contributed by atoms with Crippen LogP contribution in [0.2, 0.25) is 0 Å². The van der Waals surface area contributed by atoms with Crippen LogP contribution in [-0.4, -0.2) is 18.3 Å². The number of hydrogen-bond acceptors (Lipinski definition) is 3. The van der Waals surface area contributed by atoms with Crippen LogP contribution in [0, 0.1) is 17.2 Å². The Labute approximate surface area is 117 Å². The Balaban J connectivity index is 2.66. The van der Waals surface area contributed by atoms with Crippen molar-refractivity contribution in [2.75, 3.05) is 18.5 Å². The van der Waals surface area contributed by atoms with Crippen molar-refractivity contribution in [1.29, 1.82) is 5.26 Å². The Hall–Kier alpha value is -1.05. The van der Waals surface area contributed by atoms with E-state index in [-0.39, 0.29) is 6.61 Å². The molecule has 0 aliphatic heterocycles. The van der Waals surface area contributed by atoms with E-state index in [9.17, 15) is 0 Å². The number of aliphatic hydroxyl groups excluding tert-OH is 1. The minimum Gasteiger partial charge on any atom is -0.396 e. The predicted octanol–water partition coefficient (Wildman–Crippen LogP) is 3.53. The number of aliphatic hydroxyl groups is 1. The van der Waals surface area contributed by atoms with Gasteiger partial charge in [0.1, 0.15) is 6.07 Å². The van der Waals surface area contributed by atoms with E-state index < -0.39 is 0 Å². The summed E-state index contributed by atoms with van der Waals surface area (Å²) in [4.78, 5) is 0. The number of hydrogen-bond donors (Lipinski definition) is 2. The van der Waals surface area contributed by atoms with Gasteiger partial charge in [0.2, 0.25) is 0 Å². The van der Waals surface area contributed by atoms with Crippen LogP contribution in [0.15, 0.2) is 22.7 Å². The quantitative estimate of drug-likeness (QED) is 0.810. The van der Waals surface area contributed by atoms with E-state index in [2.05, 4.69) is 34.2 Å². The average molecular weight is 311 g/mol. The van der Waals surface area contributed by atoms with Crippen LogP contribution in [0.5, 0.6) is 0 Å². The summed E-state index contributed by atoms with van der Waals surface area (Å²) in [5.74, 6) is 0.450. The number of benzene rings is 1. The molecule has 0 aromatic heterocycles. The van der Waals surface area contributed by atoms with E-state index in [1.165, 1.54) is 0 Å². The lowest BCUT2D eigenvalue weighted by molar-refractivity contribution is 0.255. The molecule has 1 aromatic carbocycles. The lowest BCUT2D eigenvalue weighted by Gasteiger charge is -2.17. The van der Waals surface area contributed by atoms with Gasteiger partial charge in [-0.2, -0.15) is 5.26 Å². The minimum atomic E-state index is 0.218. The highest BCUT2D eigenvalue weighted by Gasteiger charge is 2.09. The maximum atomic E-state index is 9.04. The van der Waals surface area contributed by atoms with Crippen molar-refractivity contribution in [3.8, 4) is 6.07 Å². The van der Waals surface area contributed by atoms with Crippen molar-refractivity contribution < 1.29 is 5.11 Å². The van der Waals surface area contributed by atoms with E-state index in [4.69, 9.17) is 10.4 Å². The third-order valence-corrected chi connectivity index (χ3v) is 3.41. The molecule has 0 fully saturated rings. The van der Waals surface area contributed by atoms with Gasteiger partial charge in [0.05, 0.1) is 11.3 Å². The Morgan fingerprint density at radius 3 is 2.83 bits per heavy atom. The molecular formula is C14H19BrN2O. The average Bonchev–Trinajstić information content (AvgIpc) is 2.36. The Bertz CT molecular complexity index is 409. The molecule has 0 heterocycles. The Morgan fingerprint density at radius 2 is 2.22 bits per heavy atom. The molecule has 1 aromatic rings. The molecule has 2 N–H and O–H groups in total. The van der Waals surface area contributed by atoms with Crippen molar-refractivity contribution >= 4 is 21.6 Å². The van der Waals surface area contributed by atoms with E-state index in [1.807, 2.05) is 12.1 Å². The summed E-state index contributed by atoms with van der Waals surface area (Å²) in [7, 11) is 0. The van der Waals surface area contributed by atoms with Crippen molar-refractivity contribution in [2.24, 2.45) is 5.92 Å². The second-order valence-corrected chi connectivity index (χ2v) is 5.27. The first-order valence-electron chi connectivity index (χ1n) is 6.25. The highest BCUT2D eigenvalue weighted by atomic mass is 79.9. The van der Waals surface area contributed by atoms with E-state index >= 15 is 0 Å². The van der Waals surface area contributed by atoms with Gasteiger partial charge in [-0.1, -0.05) is 29.3 Å². The first kappa shape index (κ1) is 15.0. The van der Waals surface area contributed by atoms with Crippen molar-refractivity contribution in [2.45, 2.75) is 26.2 Å². The third-order valence-electron chi connectivity index (χ3n) is 2.92. The van der Waals surface area contributed by atoms with Crippen LogP contribution < -0.4 is 5.32 Å². The van der Waals surface area contributed by atoms with E-state index in [0.717, 1.165) is 36.0 Å². The SMILES string of the molecule is CCCC(CCO)CNc1cc(Br)ccc1C#N. The number of nitriles is 1. The maximum absolute atomic E-state index is 9.04. The fraction of sp³-hybridized carbons (Fsp3) is 0.500.